The summed E-state index contributed by atoms with van der Waals surface area (Å²) in [5, 5.41) is 4.50. The van der Waals surface area contributed by atoms with Crippen molar-refractivity contribution in [1.82, 2.24) is 0 Å². The summed E-state index contributed by atoms with van der Waals surface area (Å²) in [5.74, 6) is -0.259. The molecule has 0 fully saturated rings. The second-order valence-electron chi connectivity index (χ2n) is 4.44. The fraction of sp³-hybridized carbons (Fsp3) is 0. The van der Waals surface area contributed by atoms with Crippen molar-refractivity contribution in [3.63, 3.8) is 0 Å². The van der Waals surface area contributed by atoms with Crippen LogP contribution in [0.1, 0.15) is 9.67 Å². The number of fused-ring (bicyclic) bond motifs is 1. The third-order valence-corrected chi connectivity index (χ3v) is 6.10. The number of nitrogens with one attached hydrogen (secondary N) is 1. The van der Waals surface area contributed by atoms with Crippen LogP contribution >= 0.6 is 66.4 Å². The van der Waals surface area contributed by atoms with Crippen LogP contribution in [0.5, 0.6) is 0 Å². The summed E-state index contributed by atoms with van der Waals surface area (Å²) in [4.78, 5) is 12.9. The lowest BCUT2D eigenvalue weighted by Crippen LogP contribution is -2.11. The Balaban J connectivity index is 1.99. The van der Waals surface area contributed by atoms with Crippen molar-refractivity contribution in [3.8, 4) is 0 Å². The summed E-state index contributed by atoms with van der Waals surface area (Å²) >= 11 is 20.6. The number of hydrogen-bond donors (Lipinski definition) is 1. The zero-order chi connectivity index (χ0) is 15.9. The van der Waals surface area contributed by atoms with Gasteiger partial charge in [0.25, 0.3) is 5.91 Å². The van der Waals surface area contributed by atoms with E-state index < -0.39 is 0 Å². The molecule has 0 bridgehead atoms. The Hall–Kier alpha value is -0.590. The van der Waals surface area contributed by atoms with E-state index in [0.29, 0.717) is 20.6 Å². The lowest BCUT2D eigenvalue weighted by Gasteiger charge is -2.07. The van der Waals surface area contributed by atoms with Gasteiger partial charge in [-0.05, 0) is 46.3 Å². The van der Waals surface area contributed by atoms with Gasteiger partial charge in [0.2, 0.25) is 0 Å². The Morgan fingerprint density at radius 2 is 1.91 bits per heavy atom. The molecule has 2 aromatic carbocycles. The molecule has 1 amide bonds. The number of halogens is 4. The van der Waals surface area contributed by atoms with Crippen LogP contribution in [-0.4, -0.2) is 5.91 Å². The van der Waals surface area contributed by atoms with Gasteiger partial charge in [0.05, 0.1) is 15.7 Å². The van der Waals surface area contributed by atoms with Crippen LogP contribution < -0.4 is 5.32 Å². The van der Waals surface area contributed by atoms with E-state index in [4.69, 9.17) is 23.2 Å². The quantitative estimate of drug-likeness (QED) is 0.422. The Morgan fingerprint density at radius 1 is 1.14 bits per heavy atom. The lowest BCUT2D eigenvalue weighted by atomic mass is 10.2. The first-order chi connectivity index (χ1) is 10.5. The summed E-state index contributed by atoms with van der Waals surface area (Å²) in [6.07, 6.45) is 0. The highest BCUT2D eigenvalue weighted by atomic mass is 79.9. The molecule has 0 radical (unpaired) electrons. The first-order valence-corrected chi connectivity index (χ1v) is 9.26. The molecule has 0 aliphatic rings. The van der Waals surface area contributed by atoms with Crippen molar-refractivity contribution >= 4 is 88.1 Å². The molecule has 0 atom stereocenters. The van der Waals surface area contributed by atoms with Gasteiger partial charge in [0.15, 0.2) is 0 Å². The summed E-state index contributed by atoms with van der Waals surface area (Å²) < 4.78 is 2.59. The number of hydrogen-bond acceptors (Lipinski definition) is 2. The number of thiophene rings is 1. The number of rotatable bonds is 2. The fourth-order valence-corrected chi connectivity index (χ4v) is 4.98. The van der Waals surface area contributed by atoms with E-state index >= 15 is 0 Å². The number of carbonyl (C=O) groups excluding carboxylic acids is 1. The minimum absolute atomic E-state index is 0.259. The number of benzene rings is 2. The smallest absolute Gasteiger partial charge is 0.267 e. The van der Waals surface area contributed by atoms with Gasteiger partial charge in [-0.25, -0.2) is 0 Å². The van der Waals surface area contributed by atoms with E-state index in [1.54, 1.807) is 12.1 Å². The Bertz CT molecular complexity index is 895. The number of amides is 1. The minimum Gasteiger partial charge on any atom is -0.320 e. The van der Waals surface area contributed by atoms with E-state index in [-0.39, 0.29) is 5.91 Å². The topological polar surface area (TPSA) is 29.1 Å². The molecule has 0 unspecified atom stereocenters. The number of anilines is 1. The predicted molar refractivity (Wildman–Crippen MR) is 102 cm³/mol. The zero-order valence-corrected chi connectivity index (χ0v) is 16.3. The van der Waals surface area contributed by atoms with E-state index in [1.165, 1.54) is 11.3 Å². The van der Waals surface area contributed by atoms with E-state index in [1.807, 2.05) is 24.3 Å². The Labute approximate surface area is 157 Å². The maximum atomic E-state index is 12.5. The SMILES string of the molecule is O=C(Nc1ccc(Br)cc1Br)c1sc2cccc(Cl)c2c1Cl. The molecule has 3 aromatic rings. The van der Waals surface area contributed by atoms with Crippen LogP contribution in [0, 0.1) is 0 Å². The largest absolute Gasteiger partial charge is 0.320 e. The highest BCUT2D eigenvalue weighted by Crippen LogP contribution is 2.40. The molecule has 0 saturated carbocycles. The standard InChI is InChI=1S/C15H7Br2Cl2NOS/c16-7-4-5-10(8(17)6-7)20-15(21)14-13(19)12-9(18)2-1-3-11(12)22-14/h1-6H,(H,20,21). The maximum absolute atomic E-state index is 12.5. The zero-order valence-electron chi connectivity index (χ0n) is 10.8. The monoisotopic (exact) mass is 477 g/mol. The van der Waals surface area contributed by atoms with Crippen molar-refractivity contribution < 1.29 is 4.79 Å². The molecule has 1 heterocycles. The second kappa shape index (κ2) is 6.49. The first-order valence-electron chi connectivity index (χ1n) is 6.10. The maximum Gasteiger partial charge on any atom is 0.267 e. The van der Waals surface area contributed by atoms with Gasteiger partial charge in [0.1, 0.15) is 4.88 Å². The summed E-state index contributed by atoms with van der Waals surface area (Å²) in [7, 11) is 0. The van der Waals surface area contributed by atoms with Crippen molar-refractivity contribution in [2.45, 2.75) is 0 Å². The van der Waals surface area contributed by atoms with Crippen LogP contribution in [-0.2, 0) is 0 Å². The van der Waals surface area contributed by atoms with Gasteiger partial charge >= 0.3 is 0 Å². The van der Waals surface area contributed by atoms with Crippen LogP contribution in [0.2, 0.25) is 10.0 Å². The highest BCUT2D eigenvalue weighted by molar-refractivity contribution is 9.11. The van der Waals surface area contributed by atoms with Crippen molar-refractivity contribution in [2.75, 3.05) is 5.32 Å². The van der Waals surface area contributed by atoms with Gasteiger partial charge in [-0.2, -0.15) is 0 Å². The highest BCUT2D eigenvalue weighted by Gasteiger charge is 2.19. The second-order valence-corrected chi connectivity index (χ2v) is 8.04. The fourth-order valence-electron chi connectivity index (χ4n) is 1.99. The molecule has 2 nitrogen and oxygen atoms in total. The lowest BCUT2D eigenvalue weighted by molar-refractivity contribution is 0.103. The van der Waals surface area contributed by atoms with Crippen molar-refractivity contribution in [3.05, 3.63) is 60.3 Å². The number of carbonyl (C=O) groups is 1. The summed E-state index contributed by atoms with van der Waals surface area (Å²) in [5.41, 5.74) is 0.674. The molecule has 112 valence electrons. The Morgan fingerprint density at radius 3 is 2.59 bits per heavy atom. The third kappa shape index (κ3) is 3.05. The van der Waals surface area contributed by atoms with Gasteiger partial charge in [-0.15, -0.1) is 11.3 Å². The first kappa shape index (κ1) is 16.3. The molecule has 0 aliphatic carbocycles. The minimum atomic E-state index is -0.259. The third-order valence-electron chi connectivity index (χ3n) is 2.99. The van der Waals surface area contributed by atoms with E-state index in [9.17, 15) is 4.79 Å². The predicted octanol–water partition coefficient (Wildman–Crippen LogP) is 6.99. The average molecular weight is 480 g/mol. The van der Waals surface area contributed by atoms with Gasteiger partial charge in [0, 0.05) is 19.0 Å². The molecule has 1 aromatic heterocycles. The van der Waals surface area contributed by atoms with Crippen LogP contribution in [0.15, 0.2) is 45.3 Å². The molecule has 0 saturated heterocycles. The molecule has 1 N–H and O–H groups in total. The molecule has 0 aliphatic heterocycles. The van der Waals surface area contributed by atoms with Crippen molar-refractivity contribution in [2.24, 2.45) is 0 Å². The van der Waals surface area contributed by atoms with E-state index in [0.717, 1.165) is 19.0 Å². The molecule has 3 rings (SSSR count). The van der Waals surface area contributed by atoms with Gasteiger partial charge in [-0.3, -0.25) is 4.79 Å². The van der Waals surface area contributed by atoms with Crippen LogP contribution in [0.4, 0.5) is 5.69 Å². The van der Waals surface area contributed by atoms with Crippen molar-refractivity contribution in [1.29, 1.82) is 0 Å². The van der Waals surface area contributed by atoms with Gasteiger partial charge < -0.3 is 5.32 Å². The molecular formula is C15H7Br2Cl2NOS. The molecular weight excluding hydrogens is 473 g/mol. The van der Waals surface area contributed by atoms with Gasteiger partial charge in [-0.1, -0.05) is 45.2 Å². The normalized spacial score (nSPS) is 10.9. The molecule has 7 heteroatoms. The van der Waals surface area contributed by atoms with Crippen LogP contribution in [0.3, 0.4) is 0 Å². The van der Waals surface area contributed by atoms with E-state index in [2.05, 4.69) is 37.2 Å². The van der Waals surface area contributed by atoms with Crippen LogP contribution in [0.25, 0.3) is 10.1 Å². The summed E-state index contributed by atoms with van der Waals surface area (Å²) in [6.45, 7) is 0. The average Bonchev–Trinajstić information content (AvgIpc) is 2.80. The molecule has 22 heavy (non-hydrogen) atoms. The summed E-state index contributed by atoms with van der Waals surface area (Å²) in [6, 6.07) is 11.0. The Kier molecular flexibility index (Phi) is 4.80. The molecule has 0 spiro atoms.